The zero-order chi connectivity index (χ0) is 18.5. The van der Waals surface area contributed by atoms with Gasteiger partial charge in [-0.05, 0) is 24.6 Å². The highest BCUT2D eigenvalue weighted by Crippen LogP contribution is 2.18. The topological polar surface area (TPSA) is 105 Å². The fourth-order valence-corrected chi connectivity index (χ4v) is 2.61. The van der Waals surface area contributed by atoms with Gasteiger partial charge in [0, 0.05) is 36.7 Å². The van der Waals surface area contributed by atoms with Crippen molar-refractivity contribution in [2.45, 2.75) is 13.0 Å². The van der Waals surface area contributed by atoms with Crippen molar-refractivity contribution in [1.82, 2.24) is 19.1 Å². The van der Waals surface area contributed by atoms with Crippen molar-refractivity contribution in [3.8, 4) is 11.6 Å². The van der Waals surface area contributed by atoms with Crippen molar-refractivity contribution in [2.24, 2.45) is 4.99 Å². The molecule has 8 nitrogen and oxygen atoms in total. The van der Waals surface area contributed by atoms with E-state index < -0.39 is 17.1 Å². The summed E-state index contributed by atoms with van der Waals surface area (Å²) in [5, 5.41) is 10.8. The number of aromatic hydroxyl groups is 1. The Bertz CT molecular complexity index is 1040. The molecule has 9 heteroatoms. The molecule has 1 aromatic carbocycles. The average molecular weight is 374 g/mol. The second kappa shape index (κ2) is 7.83. The number of halogens is 1. The highest BCUT2D eigenvalue weighted by Gasteiger charge is 2.14. The Morgan fingerprint density at radius 1 is 1.35 bits per heavy atom. The Hall–Kier alpha value is -3.13. The van der Waals surface area contributed by atoms with Gasteiger partial charge in [-0.15, -0.1) is 0 Å². The number of rotatable bonds is 6. The fraction of sp³-hybridized carbons (Fsp3) is 0.176. The number of benzene rings is 1. The minimum atomic E-state index is -0.757. The number of hydrogen-bond donors (Lipinski definition) is 2. The van der Waals surface area contributed by atoms with Gasteiger partial charge in [-0.1, -0.05) is 17.7 Å². The normalized spacial score (nSPS) is 11.3. The molecule has 0 aliphatic heterocycles. The van der Waals surface area contributed by atoms with Crippen molar-refractivity contribution >= 4 is 17.8 Å². The number of aryl methyl sites for hydroxylation is 1. The molecule has 0 radical (unpaired) electrons. The van der Waals surface area contributed by atoms with Crippen molar-refractivity contribution in [3.05, 3.63) is 74.4 Å². The average Bonchev–Trinajstić information content (AvgIpc) is 3.10. The van der Waals surface area contributed by atoms with Crippen LogP contribution in [0.25, 0.3) is 5.69 Å². The van der Waals surface area contributed by atoms with E-state index in [1.54, 1.807) is 30.7 Å². The van der Waals surface area contributed by atoms with Gasteiger partial charge in [0.2, 0.25) is 5.88 Å². The largest absolute Gasteiger partial charge is 0.493 e. The Morgan fingerprint density at radius 2 is 2.19 bits per heavy atom. The van der Waals surface area contributed by atoms with E-state index >= 15 is 0 Å². The standard InChI is InChI=1S/C17H16ClN5O3/c18-12-3-1-4-13(9-12)23-16(25)14(15(24)21-17(23)26)10-19-5-2-7-22-8-6-20-11-22/h1,3-4,6,8-11,25H,2,5,7H2,(H,21,24,26). The number of imidazole rings is 1. The van der Waals surface area contributed by atoms with Gasteiger partial charge in [0.05, 0.1) is 12.0 Å². The van der Waals surface area contributed by atoms with Crippen molar-refractivity contribution < 1.29 is 5.11 Å². The number of H-pyrrole nitrogens is 1. The maximum absolute atomic E-state index is 12.1. The maximum atomic E-state index is 12.1. The predicted molar refractivity (Wildman–Crippen MR) is 98.6 cm³/mol. The minimum absolute atomic E-state index is 0.0905. The highest BCUT2D eigenvalue weighted by molar-refractivity contribution is 6.30. The molecule has 0 bridgehead atoms. The van der Waals surface area contributed by atoms with Crippen LogP contribution in [-0.2, 0) is 6.54 Å². The molecule has 0 aliphatic carbocycles. The van der Waals surface area contributed by atoms with E-state index in [0.717, 1.165) is 17.5 Å². The summed E-state index contributed by atoms with van der Waals surface area (Å²) in [7, 11) is 0. The van der Waals surface area contributed by atoms with Gasteiger partial charge < -0.3 is 9.67 Å². The maximum Gasteiger partial charge on any atom is 0.335 e. The molecular weight excluding hydrogens is 358 g/mol. The second-order valence-corrected chi connectivity index (χ2v) is 5.94. The Labute approximate surface area is 153 Å². The van der Waals surface area contributed by atoms with Crippen LogP contribution in [0.4, 0.5) is 0 Å². The summed E-state index contributed by atoms with van der Waals surface area (Å²) in [6.45, 7) is 1.19. The molecule has 0 atom stereocenters. The van der Waals surface area contributed by atoms with Gasteiger partial charge in [0.1, 0.15) is 5.56 Å². The fourth-order valence-electron chi connectivity index (χ4n) is 2.43. The molecule has 3 aromatic rings. The molecule has 0 aliphatic rings. The molecule has 2 aromatic heterocycles. The summed E-state index contributed by atoms with van der Waals surface area (Å²) in [4.78, 5) is 34.4. The summed E-state index contributed by atoms with van der Waals surface area (Å²) in [5.74, 6) is -0.487. The van der Waals surface area contributed by atoms with Crippen molar-refractivity contribution in [1.29, 1.82) is 0 Å². The highest BCUT2D eigenvalue weighted by atomic mass is 35.5. The number of nitrogens with zero attached hydrogens (tertiary/aromatic N) is 4. The summed E-state index contributed by atoms with van der Waals surface area (Å²) in [6, 6.07) is 6.38. The van der Waals surface area contributed by atoms with Gasteiger partial charge in [-0.2, -0.15) is 0 Å². The van der Waals surface area contributed by atoms with E-state index in [1.807, 2.05) is 10.8 Å². The molecule has 0 amide bonds. The minimum Gasteiger partial charge on any atom is -0.493 e. The van der Waals surface area contributed by atoms with E-state index in [2.05, 4.69) is 15.0 Å². The first-order valence-corrected chi connectivity index (χ1v) is 8.24. The third-order valence-corrected chi connectivity index (χ3v) is 3.91. The SMILES string of the molecule is O=c1[nH]c(=O)n(-c2cccc(Cl)c2)c(O)c1C=NCCCn1ccnc1. The predicted octanol–water partition coefficient (Wildman–Crippen LogP) is 1.59. The zero-order valence-electron chi connectivity index (χ0n) is 13.7. The Balaban J connectivity index is 1.83. The van der Waals surface area contributed by atoms with Crippen LogP contribution >= 0.6 is 11.6 Å². The number of nitrogens with one attached hydrogen (secondary N) is 1. The van der Waals surface area contributed by atoms with Crippen LogP contribution in [0, 0.1) is 0 Å². The number of aromatic nitrogens is 4. The number of aliphatic imine (C=N–C) groups is 1. The lowest BCUT2D eigenvalue weighted by Gasteiger charge is -2.09. The van der Waals surface area contributed by atoms with Crippen LogP contribution in [-0.4, -0.2) is 37.0 Å². The van der Waals surface area contributed by atoms with Gasteiger partial charge in [-0.3, -0.25) is 14.8 Å². The molecule has 0 saturated carbocycles. The lowest BCUT2D eigenvalue weighted by atomic mass is 10.3. The Morgan fingerprint density at radius 3 is 2.92 bits per heavy atom. The number of hydrogen-bond acceptors (Lipinski definition) is 5. The van der Waals surface area contributed by atoms with Gasteiger partial charge >= 0.3 is 5.69 Å². The lowest BCUT2D eigenvalue weighted by molar-refractivity contribution is 0.430. The number of aromatic amines is 1. The van der Waals surface area contributed by atoms with Crippen LogP contribution in [0.5, 0.6) is 5.88 Å². The molecular formula is C17H16ClN5O3. The van der Waals surface area contributed by atoms with Crippen LogP contribution in [0.15, 0.2) is 57.6 Å². The summed E-state index contributed by atoms with van der Waals surface area (Å²) < 4.78 is 2.89. The first kappa shape index (κ1) is 17.7. The van der Waals surface area contributed by atoms with Gasteiger partial charge in [-0.25, -0.2) is 14.3 Å². The summed E-state index contributed by atoms with van der Waals surface area (Å²) in [5.41, 5.74) is -1.21. The molecule has 0 unspecified atom stereocenters. The van der Waals surface area contributed by atoms with E-state index in [9.17, 15) is 14.7 Å². The molecule has 2 N–H and O–H groups in total. The summed E-state index contributed by atoms with van der Waals surface area (Å²) in [6.07, 6.45) is 7.25. The van der Waals surface area contributed by atoms with Crippen molar-refractivity contribution in [3.63, 3.8) is 0 Å². The molecule has 0 spiro atoms. The van der Waals surface area contributed by atoms with Gasteiger partial charge in [0.15, 0.2) is 0 Å². The monoisotopic (exact) mass is 373 g/mol. The molecule has 26 heavy (non-hydrogen) atoms. The van der Waals surface area contributed by atoms with Gasteiger partial charge in [0.25, 0.3) is 5.56 Å². The summed E-state index contributed by atoms with van der Waals surface area (Å²) >= 11 is 5.93. The third kappa shape index (κ3) is 3.92. The van der Waals surface area contributed by atoms with Crippen LogP contribution in [0.2, 0.25) is 5.02 Å². The molecule has 0 fully saturated rings. The molecule has 0 saturated heterocycles. The molecule has 2 heterocycles. The van der Waals surface area contributed by atoms with E-state index in [4.69, 9.17) is 11.6 Å². The first-order chi connectivity index (χ1) is 12.6. The zero-order valence-corrected chi connectivity index (χ0v) is 14.4. The van der Waals surface area contributed by atoms with Crippen LogP contribution in [0.3, 0.4) is 0 Å². The Kier molecular flexibility index (Phi) is 5.33. The van der Waals surface area contributed by atoms with E-state index in [-0.39, 0.29) is 5.56 Å². The molecule has 3 rings (SSSR count). The third-order valence-electron chi connectivity index (χ3n) is 3.67. The van der Waals surface area contributed by atoms with E-state index in [0.29, 0.717) is 17.3 Å². The smallest absolute Gasteiger partial charge is 0.335 e. The van der Waals surface area contributed by atoms with Crippen LogP contribution in [0.1, 0.15) is 12.0 Å². The molecule has 134 valence electrons. The van der Waals surface area contributed by atoms with Crippen molar-refractivity contribution in [2.75, 3.05) is 6.54 Å². The quantitative estimate of drug-likeness (QED) is 0.505. The second-order valence-electron chi connectivity index (χ2n) is 5.50. The lowest BCUT2D eigenvalue weighted by Crippen LogP contribution is -2.31. The van der Waals surface area contributed by atoms with E-state index in [1.165, 1.54) is 12.3 Å². The first-order valence-electron chi connectivity index (χ1n) is 7.86. The van der Waals surface area contributed by atoms with Crippen LogP contribution < -0.4 is 11.2 Å².